The van der Waals surface area contributed by atoms with Crippen molar-refractivity contribution < 1.29 is 9.53 Å². The minimum Gasteiger partial charge on any atom is -0.496 e. The molecule has 5 nitrogen and oxygen atoms in total. The third-order valence-corrected chi connectivity index (χ3v) is 4.66. The van der Waals surface area contributed by atoms with Crippen molar-refractivity contribution in [3.63, 3.8) is 0 Å². The topological polar surface area (TPSA) is 44.8 Å². The van der Waals surface area contributed by atoms with Crippen LogP contribution >= 0.6 is 0 Å². The van der Waals surface area contributed by atoms with Crippen LogP contribution in [0.1, 0.15) is 17.3 Å². The summed E-state index contributed by atoms with van der Waals surface area (Å²) in [6, 6.07) is 15.3. The van der Waals surface area contributed by atoms with E-state index in [-0.39, 0.29) is 5.91 Å². The van der Waals surface area contributed by atoms with E-state index in [1.807, 2.05) is 24.3 Å². The molecule has 1 aliphatic heterocycles. The van der Waals surface area contributed by atoms with E-state index in [1.165, 1.54) is 5.69 Å². The summed E-state index contributed by atoms with van der Waals surface area (Å²) in [5.41, 5.74) is 2.52. The number of rotatable bonds is 5. The lowest BCUT2D eigenvalue weighted by Crippen LogP contribution is -2.46. The second kappa shape index (κ2) is 8.03. The van der Waals surface area contributed by atoms with Gasteiger partial charge in [-0.15, -0.1) is 0 Å². The molecule has 2 aromatic rings. The molecule has 132 valence electrons. The number of hydrogen-bond donors (Lipinski definition) is 1. The Bertz CT molecular complexity index is 707. The quantitative estimate of drug-likeness (QED) is 0.909. The van der Waals surface area contributed by atoms with E-state index in [0.717, 1.165) is 38.4 Å². The molecule has 5 heteroatoms. The Labute approximate surface area is 149 Å². The molecule has 25 heavy (non-hydrogen) atoms. The number of nitrogens with zero attached hydrogens (tertiary/aromatic N) is 2. The van der Waals surface area contributed by atoms with Gasteiger partial charge in [-0.3, -0.25) is 4.79 Å². The number of piperazine rings is 1. The predicted octanol–water partition coefficient (Wildman–Crippen LogP) is 3.09. The first-order chi connectivity index (χ1) is 12.2. The number of carbonyl (C=O) groups excluding carboxylic acids is 1. The molecule has 0 saturated carbocycles. The van der Waals surface area contributed by atoms with Crippen LogP contribution < -0.4 is 15.0 Å². The van der Waals surface area contributed by atoms with E-state index >= 15 is 0 Å². The average molecular weight is 339 g/mol. The molecule has 0 spiro atoms. The minimum atomic E-state index is -0.165. The number of likely N-dealkylation sites (N-methyl/N-ethyl adjacent to an activating group) is 1. The van der Waals surface area contributed by atoms with Crippen LogP contribution in [0.25, 0.3) is 0 Å². The predicted molar refractivity (Wildman–Crippen MR) is 102 cm³/mol. The molecule has 0 aliphatic carbocycles. The van der Waals surface area contributed by atoms with Crippen molar-refractivity contribution in [2.45, 2.75) is 6.92 Å². The zero-order valence-electron chi connectivity index (χ0n) is 14.9. The Morgan fingerprint density at radius 1 is 1.04 bits per heavy atom. The molecule has 0 radical (unpaired) electrons. The van der Waals surface area contributed by atoms with Crippen molar-refractivity contribution >= 4 is 17.3 Å². The van der Waals surface area contributed by atoms with E-state index in [0.29, 0.717) is 11.3 Å². The van der Waals surface area contributed by atoms with E-state index in [2.05, 4.69) is 34.2 Å². The number of hydrogen-bond acceptors (Lipinski definition) is 4. The normalized spacial score (nSPS) is 15.0. The van der Waals surface area contributed by atoms with Crippen LogP contribution in [0, 0.1) is 0 Å². The molecule has 0 atom stereocenters. The maximum Gasteiger partial charge on any atom is 0.259 e. The highest BCUT2D eigenvalue weighted by molar-refractivity contribution is 6.06. The fraction of sp³-hybridized carbons (Fsp3) is 0.350. The third kappa shape index (κ3) is 4.12. The van der Waals surface area contributed by atoms with Crippen LogP contribution in [0.3, 0.4) is 0 Å². The van der Waals surface area contributed by atoms with Crippen molar-refractivity contribution in [3.8, 4) is 5.75 Å². The summed E-state index contributed by atoms with van der Waals surface area (Å²) in [6.45, 7) is 7.60. The second-order valence-corrected chi connectivity index (χ2v) is 6.12. The van der Waals surface area contributed by atoms with Crippen molar-refractivity contribution in [2.75, 3.05) is 50.1 Å². The number of benzene rings is 2. The average Bonchev–Trinajstić information content (AvgIpc) is 2.68. The largest absolute Gasteiger partial charge is 0.496 e. The van der Waals surface area contributed by atoms with Gasteiger partial charge in [0, 0.05) is 37.6 Å². The van der Waals surface area contributed by atoms with Gasteiger partial charge in [-0.1, -0.05) is 19.1 Å². The van der Waals surface area contributed by atoms with Gasteiger partial charge in [0.2, 0.25) is 0 Å². The van der Waals surface area contributed by atoms with Gasteiger partial charge in [0.25, 0.3) is 5.91 Å². The highest BCUT2D eigenvalue weighted by Gasteiger charge is 2.16. The molecule has 2 aromatic carbocycles. The monoisotopic (exact) mass is 339 g/mol. The molecular weight excluding hydrogens is 314 g/mol. The molecule has 1 heterocycles. The first kappa shape index (κ1) is 17.3. The highest BCUT2D eigenvalue weighted by Crippen LogP contribution is 2.22. The lowest BCUT2D eigenvalue weighted by molar-refractivity contribution is 0.102. The molecular formula is C20H25N3O2. The van der Waals surface area contributed by atoms with E-state index in [4.69, 9.17) is 4.74 Å². The van der Waals surface area contributed by atoms with Gasteiger partial charge >= 0.3 is 0 Å². The van der Waals surface area contributed by atoms with E-state index < -0.39 is 0 Å². The number of carbonyl (C=O) groups is 1. The maximum absolute atomic E-state index is 12.4. The summed E-state index contributed by atoms with van der Waals surface area (Å²) < 4.78 is 5.25. The van der Waals surface area contributed by atoms with Crippen molar-refractivity contribution in [1.82, 2.24) is 4.90 Å². The summed E-state index contributed by atoms with van der Waals surface area (Å²) in [5.74, 6) is 0.409. The summed E-state index contributed by atoms with van der Waals surface area (Å²) >= 11 is 0. The molecule has 0 bridgehead atoms. The zero-order valence-corrected chi connectivity index (χ0v) is 14.9. The Balaban J connectivity index is 1.64. The second-order valence-electron chi connectivity index (χ2n) is 6.12. The SMILES string of the molecule is CCN1CCN(c2ccc(NC(=O)c3ccccc3OC)cc2)CC1. The van der Waals surface area contributed by atoms with Crippen molar-refractivity contribution in [2.24, 2.45) is 0 Å². The standard InChI is InChI=1S/C20H25N3O2/c1-3-22-12-14-23(15-13-22)17-10-8-16(9-11-17)21-20(24)18-6-4-5-7-19(18)25-2/h4-11H,3,12-15H2,1-2H3,(H,21,24). The Morgan fingerprint density at radius 3 is 2.36 bits per heavy atom. The first-order valence-electron chi connectivity index (χ1n) is 8.73. The van der Waals surface area contributed by atoms with Gasteiger partial charge in [-0.25, -0.2) is 0 Å². The maximum atomic E-state index is 12.4. The van der Waals surface area contributed by atoms with Gasteiger partial charge < -0.3 is 19.9 Å². The van der Waals surface area contributed by atoms with E-state index in [9.17, 15) is 4.79 Å². The van der Waals surface area contributed by atoms with Gasteiger partial charge in [-0.05, 0) is 42.9 Å². The number of anilines is 2. The van der Waals surface area contributed by atoms with Crippen LogP contribution in [0.4, 0.5) is 11.4 Å². The molecule has 3 rings (SSSR count). The lowest BCUT2D eigenvalue weighted by Gasteiger charge is -2.35. The number of nitrogens with one attached hydrogen (secondary N) is 1. The fourth-order valence-corrected chi connectivity index (χ4v) is 3.11. The lowest BCUT2D eigenvalue weighted by atomic mass is 10.1. The summed E-state index contributed by atoms with van der Waals surface area (Å²) in [4.78, 5) is 17.3. The Morgan fingerprint density at radius 2 is 1.72 bits per heavy atom. The Kier molecular flexibility index (Phi) is 5.56. The van der Waals surface area contributed by atoms with Crippen LogP contribution in [-0.2, 0) is 0 Å². The van der Waals surface area contributed by atoms with Gasteiger partial charge in [0.15, 0.2) is 0 Å². The van der Waals surface area contributed by atoms with E-state index in [1.54, 1.807) is 19.2 Å². The van der Waals surface area contributed by atoms with Crippen LogP contribution in [0.2, 0.25) is 0 Å². The zero-order chi connectivity index (χ0) is 17.6. The van der Waals surface area contributed by atoms with Crippen LogP contribution in [0.15, 0.2) is 48.5 Å². The molecule has 1 aliphatic rings. The first-order valence-corrected chi connectivity index (χ1v) is 8.73. The molecule has 0 unspecified atom stereocenters. The summed E-state index contributed by atoms with van der Waals surface area (Å²) in [5, 5.41) is 2.93. The number of amides is 1. The van der Waals surface area contributed by atoms with Crippen LogP contribution in [-0.4, -0.2) is 50.6 Å². The highest BCUT2D eigenvalue weighted by atomic mass is 16.5. The van der Waals surface area contributed by atoms with Crippen molar-refractivity contribution in [1.29, 1.82) is 0 Å². The Hall–Kier alpha value is -2.53. The van der Waals surface area contributed by atoms with Gasteiger partial charge in [-0.2, -0.15) is 0 Å². The van der Waals surface area contributed by atoms with Gasteiger partial charge in [0.1, 0.15) is 5.75 Å². The third-order valence-electron chi connectivity index (χ3n) is 4.66. The molecule has 1 amide bonds. The summed E-state index contributed by atoms with van der Waals surface area (Å²) in [6.07, 6.45) is 0. The molecule has 1 fully saturated rings. The number of para-hydroxylation sites is 1. The number of methoxy groups -OCH3 is 1. The molecule has 1 saturated heterocycles. The van der Waals surface area contributed by atoms with Crippen LogP contribution in [0.5, 0.6) is 5.75 Å². The molecule has 1 N–H and O–H groups in total. The van der Waals surface area contributed by atoms with Gasteiger partial charge in [0.05, 0.1) is 12.7 Å². The minimum absolute atomic E-state index is 0.165. The summed E-state index contributed by atoms with van der Waals surface area (Å²) in [7, 11) is 1.57. The number of ether oxygens (including phenoxy) is 1. The molecule has 0 aromatic heterocycles. The van der Waals surface area contributed by atoms with Crippen molar-refractivity contribution in [3.05, 3.63) is 54.1 Å². The smallest absolute Gasteiger partial charge is 0.259 e. The fourth-order valence-electron chi connectivity index (χ4n) is 3.11.